The zero-order chi connectivity index (χ0) is 22.3. The number of hydrogen-bond donors (Lipinski definition) is 3. The van der Waals surface area contributed by atoms with Crippen molar-refractivity contribution in [2.24, 2.45) is 4.99 Å². The maximum Gasteiger partial charge on any atom is 0.191 e. The molecule has 2 fully saturated rings. The summed E-state index contributed by atoms with van der Waals surface area (Å²) in [6.07, 6.45) is 4.15. The molecule has 0 aliphatic carbocycles. The lowest BCUT2D eigenvalue weighted by Gasteiger charge is -2.39. The molecule has 2 saturated heterocycles. The molecule has 6 heteroatoms. The normalized spacial score (nSPS) is 24.2. The van der Waals surface area contributed by atoms with Gasteiger partial charge in [-0.1, -0.05) is 42.5 Å². The Morgan fingerprint density at radius 1 is 1.12 bits per heavy atom. The lowest BCUT2D eigenvalue weighted by atomic mass is 9.96. The quantitative estimate of drug-likeness (QED) is 0.437. The molecule has 0 aromatic heterocycles. The third kappa shape index (κ3) is 5.61. The highest BCUT2D eigenvalue weighted by Crippen LogP contribution is 2.36. The topological polar surface area (TPSA) is 69.1 Å². The number of nitrogens with zero attached hydrogens (tertiary/aromatic N) is 2. The Hall–Kier alpha value is -2.57. The van der Waals surface area contributed by atoms with Crippen LogP contribution >= 0.6 is 0 Å². The number of aliphatic hydroxyl groups is 1. The number of rotatable bonds is 8. The lowest BCUT2D eigenvalue weighted by Crippen LogP contribution is -2.52. The molecule has 2 bridgehead atoms. The minimum atomic E-state index is -0.663. The molecule has 2 heterocycles. The monoisotopic (exact) mass is 436 g/mol. The largest absolute Gasteiger partial charge is 0.497 e. The van der Waals surface area contributed by atoms with Gasteiger partial charge in [0.15, 0.2) is 5.96 Å². The van der Waals surface area contributed by atoms with Crippen LogP contribution in [-0.2, 0) is 6.54 Å². The van der Waals surface area contributed by atoms with Crippen molar-refractivity contribution >= 4 is 5.96 Å². The van der Waals surface area contributed by atoms with Crippen LogP contribution in [0.1, 0.15) is 49.8 Å². The van der Waals surface area contributed by atoms with Gasteiger partial charge in [-0.2, -0.15) is 0 Å². The summed E-state index contributed by atoms with van der Waals surface area (Å²) in [5.74, 6) is 1.53. The van der Waals surface area contributed by atoms with Gasteiger partial charge >= 0.3 is 0 Å². The standard InChI is InChI=1S/C26H36N4O2/c1-3-27-26(28-17-25(31)20-10-7-11-24(14-20)32-2)29-21-15-22-12-13-23(16-21)30(22)18-19-8-5-4-6-9-19/h4-11,14,21-23,25,31H,3,12-13,15-18H2,1-2H3,(H2,27,28,29). The fraction of sp³-hybridized carbons (Fsp3) is 0.500. The number of guanidine groups is 1. The zero-order valence-electron chi connectivity index (χ0n) is 19.2. The fourth-order valence-electron chi connectivity index (χ4n) is 5.09. The molecule has 3 atom stereocenters. The maximum absolute atomic E-state index is 10.6. The van der Waals surface area contributed by atoms with Gasteiger partial charge in [-0.15, -0.1) is 0 Å². The first kappa shape index (κ1) is 22.6. The Bertz CT molecular complexity index is 874. The van der Waals surface area contributed by atoms with Gasteiger partial charge in [0.25, 0.3) is 0 Å². The van der Waals surface area contributed by atoms with E-state index in [2.05, 4.69) is 57.8 Å². The summed E-state index contributed by atoms with van der Waals surface area (Å²) in [4.78, 5) is 7.39. The van der Waals surface area contributed by atoms with Crippen LogP contribution in [0.2, 0.25) is 0 Å². The molecule has 2 aromatic carbocycles. The second-order valence-electron chi connectivity index (χ2n) is 8.87. The first-order chi connectivity index (χ1) is 15.7. The molecule has 0 radical (unpaired) electrons. The van der Waals surface area contributed by atoms with Gasteiger partial charge in [0.05, 0.1) is 19.8 Å². The molecule has 6 nitrogen and oxygen atoms in total. The van der Waals surface area contributed by atoms with E-state index in [-0.39, 0.29) is 0 Å². The van der Waals surface area contributed by atoms with E-state index >= 15 is 0 Å². The molecule has 2 aliphatic heterocycles. The van der Waals surface area contributed by atoms with Gasteiger partial charge in [0.1, 0.15) is 5.75 Å². The van der Waals surface area contributed by atoms with Crippen molar-refractivity contribution in [3.05, 3.63) is 65.7 Å². The predicted octanol–water partition coefficient (Wildman–Crippen LogP) is 3.48. The van der Waals surface area contributed by atoms with Crippen LogP contribution in [0.15, 0.2) is 59.6 Å². The first-order valence-corrected chi connectivity index (χ1v) is 11.8. The number of ether oxygens (including phenoxy) is 1. The van der Waals surface area contributed by atoms with E-state index in [4.69, 9.17) is 4.74 Å². The third-order valence-electron chi connectivity index (χ3n) is 6.68. The van der Waals surface area contributed by atoms with Crippen LogP contribution in [0.25, 0.3) is 0 Å². The van der Waals surface area contributed by atoms with Crippen LogP contribution in [0.3, 0.4) is 0 Å². The number of nitrogens with one attached hydrogen (secondary N) is 2. The Balaban J connectivity index is 1.35. The summed E-state index contributed by atoms with van der Waals surface area (Å²) in [6, 6.07) is 20.0. The third-order valence-corrected chi connectivity index (χ3v) is 6.68. The highest BCUT2D eigenvalue weighted by Gasteiger charge is 2.40. The smallest absolute Gasteiger partial charge is 0.191 e. The van der Waals surface area contributed by atoms with Crippen molar-refractivity contribution in [3.63, 3.8) is 0 Å². The van der Waals surface area contributed by atoms with Crippen molar-refractivity contribution in [2.75, 3.05) is 20.2 Å². The van der Waals surface area contributed by atoms with Crippen molar-refractivity contribution in [1.82, 2.24) is 15.5 Å². The number of aliphatic hydroxyl groups excluding tert-OH is 1. The average Bonchev–Trinajstić information content (AvgIpc) is 3.05. The Labute approximate surface area is 191 Å². The minimum Gasteiger partial charge on any atom is -0.497 e. The number of aliphatic imine (C=N–C) groups is 1. The van der Waals surface area contributed by atoms with Gasteiger partial charge in [-0.3, -0.25) is 9.89 Å². The Morgan fingerprint density at radius 3 is 2.56 bits per heavy atom. The SMILES string of the molecule is CCNC(=NCC(O)c1cccc(OC)c1)NC1CC2CCC(C1)N2Cc1ccccc1. The lowest BCUT2D eigenvalue weighted by molar-refractivity contribution is 0.114. The summed E-state index contributed by atoms with van der Waals surface area (Å²) in [5, 5.41) is 17.6. The van der Waals surface area contributed by atoms with Gasteiger partial charge in [0.2, 0.25) is 0 Å². The number of hydrogen-bond acceptors (Lipinski definition) is 4. The summed E-state index contributed by atoms with van der Waals surface area (Å²) < 4.78 is 5.27. The molecule has 2 aromatic rings. The molecule has 0 amide bonds. The van der Waals surface area contributed by atoms with Gasteiger partial charge < -0.3 is 20.5 Å². The van der Waals surface area contributed by atoms with Crippen LogP contribution < -0.4 is 15.4 Å². The Morgan fingerprint density at radius 2 is 1.88 bits per heavy atom. The summed E-state index contributed by atoms with van der Waals surface area (Å²) in [7, 11) is 1.63. The number of piperidine rings is 1. The van der Waals surface area contributed by atoms with Gasteiger partial charge in [-0.25, -0.2) is 0 Å². The van der Waals surface area contributed by atoms with Crippen molar-refractivity contribution in [3.8, 4) is 5.75 Å². The van der Waals surface area contributed by atoms with E-state index in [0.717, 1.165) is 43.2 Å². The van der Waals surface area contributed by atoms with Gasteiger partial charge in [-0.05, 0) is 55.9 Å². The predicted molar refractivity (Wildman–Crippen MR) is 129 cm³/mol. The second kappa shape index (κ2) is 10.8. The number of methoxy groups -OCH3 is 1. The maximum atomic E-state index is 10.6. The van der Waals surface area contributed by atoms with Crippen LogP contribution in [0.5, 0.6) is 5.75 Å². The highest BCUT2D eigenvalue weighted by molar-refractivity contribution is 5.80. The summed E-state index contributed by atoms with van der Waals surface area (Å²) >= 11 is 0. The molecular weight excluding hydrogens is 400 g/mol. The molecular formula is C26H36N4O2. The summed E-state index contributed by atoms with van der Waals surface area (Å²) in [5.41, 5.74) is 2.22. The van der Waals surface area contributed by atoms with Gasteiger partial charge in [0, 0.05) is 31.2 Å². The molecule has 0 saturated carbocycles. The Kier molecular flexibility index (Phi) is 7.66. The molecule has 3 unspecified atom stereocenters. The molecule has 2 aliphatic rings. The van der Waals surface area contributed by atoms with E-state index in [9.17, 15) is 5.11 Å². The van der Waals surface area contributed by atoms with E-state index in [0.29, 0.717) is 24.7 Å². The zero-order valence-corrected chi connectivity index (χ0v) is 19.2. The minimum absolute atomic E-state index is 0.308. The fourth-order valence-corrected chi connectivity index (χ4v) is 5.09. The molecule has 4 rings (SSSR count). The van der Waals surface area contributed by atoms with E-state index in [1.807, 2.05) is 24.3 Å². The average molecular weight is 437 g/mol. The molecule has 3 N–H and O–H groups in total. The number of benzene rings is 2. The van der Waals surface area contributed by atoms with Crippen LogP contribution in [-0.4, -0.2) is 54.3 Å². The van der Waals surface area contributed by atoms with E-state index in [1.165, 1.54) is 18.4 Å². The van der Waals surface area contributed by atoms with Crippen molar-refractivity contribution in [1.29, 1.82) is 0 Å². The second-order valence-corrected chi connectivity index (χ2v) is 8.87. The molecule has 172 valence electrons. The van der Waals surface area contributed by atoms with E-state index in [1.54, 1.807) is 7.11 Å². The molecule has 32 heavy (non-hydrogen) atoms. The van der Waals surface area contributed by atoms with Crippen LogP contribution in [0.4, 0.5) is 0 Å². The van der Waals surface area contributed by atoms with Crippen LogP contribution in [0, 0.1) is 0 Å². The van der Waals surface area contributed by atoms with E-state index < -0.39 is 6.10 Å². The summed E-state index contributed by atoms with van der Waals surface area (Å²) in [6.45, 7) is 4.22. The van der Waals surface area contributed by atoms with Crippen molar-refractivity contribution < 1.29 is 9.84 Å². The number of fused-ring (bicyclic) bond motifs is 2. The first-order valence-electron chi connectivity index (χ1n) is 11.8. The highest BCUT2D eigenvalue weighted by atomic mass is 16.5. The molecule has 0 spiro atoms. The van der Waals surface area contributed by atoms with Crippen molar-refractivity contribution in [2.45, 2.75) is 63.4 Å².